The molecule has 0 fully saturated rings. The molecule has 10 heteroatoms. The van der Waals surface area contributed by atoms with Crippen molar-refractivity contribution in [2.24, 2.45) is 0 Å². The van der Waals surface area contributed by atoms with Gasteiger partial charge >= 0.3 is 0 Å². The fraction of sp³-hybridized carbons (Fsp3) is 0.350. The van der Waals surface area contributed by atoms with Gasteiger partial charge in [0.1, 0.15) is 12.2 Å². The van der Waals surface area contributed by atoms with Gasteiger partial charge in [-0.05, 0) is 24.6 Å². The lowest BCUT2D eigenvalue weighted by Gasteiger charge is -2.25. The number of ether oxygens (including phenoxy) is 3. The number of rotatable bonds is 9. The molecule has 0 saturated carbocycles. The number of benzene rings is 2. The molecule has 2 aromatic rings. The van der Waals surface area contributed by atoms with Crippen molar-refractivity contribution >= 4 is 11.6 Å². The van der Waals surface area contributed by atoms with Crippen molar-refractivity contribution in [3.05, 3.63) is 63.2 Å². The second kappa shape index (κ2) is 9.97. The number of hydrogen-bond acceptors (Lipinski definition) is 6. The number of halogens is 2. The van der Waals surface area contributed by atoms with Crippen LogP contribution < -0.4 is 9.47 Å². The number of nitrogens with zero attached hydrogens (tertiary/aromatic N) is 2. The Morgan fingerprint density at radius 2 is 1.83 bits per heavy atom. The Labute approximate surface area is 172 Å². The molecule has 0 aliphatic carbocycles. The van der Waals surface area contributed by atoms with Gasteiger partial charge in [-0.15, -0.1) is 0 Å². The summed E-state index contributed by atoms with van der Waals surface area (Å²) in [6.07, 6.45) is 0. The third-order valence-corrected chi connectivity index (χ3v) is 4.58. The molecule has 0 N–H and O–H groups in total. The van der Waals surface area contributed by atoms with Gasteiger partial charge in [0.05, 0.1) is 30.7 Å². The van der Waals surface area contributed by atoms with E-state index in [0.717, 1.165) is 18.2 Å². The quantitative estimate of drug-likeness (QED) is 0.346. The van der Waals surface area contributed by atoms with Crippen LogP contribution in [0.3, 0.4) is 0 Å². The summed E-state index contributed by atoms with van der Waals surface area (Å²) in [7, 11) is 4.23. The number of nitro benzene ring substituents is 1. The predicted molar refractivity (Wildman–Crippen MR) is 104 cm³/mol. The summed E-state index contributed by atoms with van der Waals surface area (Å²) >= 11 is 0. The minimum atomic E-state index is -1.05. The fourth-order valence-corrected chi connectivity index (χ4v) is 2.74. The minimum absolute atomic E-state index is 0.0918. The Balaban J connectivity index is 2.40. The predicted octanol–water partition coefficient (Wildman–Crippen LogP) is 3.74. The van der Waals surface area contributed by atoms with E-state index in [0.29, 0.717) is 5.56 Å². The van der Waals surface area contributed by atoms with Gasteiger partial charge in [0.2, 0.25) is 0 Å². The Morgan fingerprint density at radius 3 is 2.40 bits per heavy atom. The number of amides is 1. The van der Waals surface area contributed by atoms with Crippen LogP contribution in [0.4, 0.5) is 14.5 Å². The van der Waals surface area contributed by atoms with Gasteiger partial charge in [0.15, 0.2) is 23.1 Å². The van der Waals surface area contributed by atoms with E-state index in [4.69, 9.17) is 14.2 Å². The van der Waals surface area contributed by atoms with Crippen molar-refractivity contribution in [2.75, 3.05) is 34.5 Å². The highest BCUT2D eigenvalue weighted by molar-refractivity contribution is 5.99. The van der Waals surface area contributed by atoms with E-state index in [2.05, 4.69) is 0 Å². The lowest BCUT2D eigenvalue weighted by molar-refractivity contribution is -0.385. The molecule has 0 saturated heterocycles. The monoisotopic (exact) mass is 424 g/mol. The summed E-state index contributed by atoms with van der Waals surface area (Å²) in [4.78, 5) is 25.1. The smallest absolute Gasteiger partial charge is 0.286 e. The first-order valence-corrected chi connectivity index (χ1v) is 8.91. The molecule has 1 atom stereocenters. The maximum atomic E-state index is 13.6. The highest BCUT2D eigenvalue weighted by Crippen LogP contribution is 2.36. The van der Waals surface area contributed by atoms with E-state index < -0.39 is 34.2 Å². The maximum absolute atomic E-state index is 13.6. The zero-order chi connectivity index (χ0) is 22.4. The van der Waals surface area contributed by atoms with Gasteiger partial charge in [0.25, 0.3) is 11.6 Å². The summed E-state index contributed by atoms with van der Waals surface area (Å²) < 4.78 is 42.3. The van der Waals surface area contributed by atoms with Crippen LogP contribution in [0.15, 0.2) is 30.3 Å². The first-order valence-electron chi connectivity index (χ1n) is 8.91. The topological polar surface area (TPSA) is 91.1 Å². The van der Waals surface area contributed by atoms with Gasteiger partial charge < -0.3 is 19.1 Å². The Kier molecular flexibility index (Phi) is 7.65. The van der Waals surface area contributed by atoms with Crippen molar-refractivity contribution in [3.8, 4) is 11.5 Å². The lowest BCUT2D eigenvalue weighted by Crippen LogP contribution is -2.30. The molecular weight excluding hydrogens is 402 g/mol. The largest absolute Gasteiger partial charge is 0.493 e. The Morgan fingerprint density at radius 1 is 1.13 bits per heavy atom. The molecular formula is C20H22F2N2O6. The van der Waals surface area contributed by atoms with Crippen molar-refractivity contribution < 1.29 is 32.7 Å². The van der Waals surface area contributed by atoms with Gasteiger partial charge in [-0.1, -0.05) is 6.07 Å². The number of hydrogen-bond donors (Lipinski definition) is 0. The normalized spacial score (nSPS) is 11.7. The van der Waals surface area contributed by atoms with Crippen molar-refractivity contribution in [3.63, 3.8) is 0 Å². The SMILES string of the molecule is COCCOc1cc([N+](=O)[O-])c(C(=O)N(C)C(C)c2ccc(F)c(F)c2)cc1OC. The standard InChI is InChI=1S/C20H22F2N2O6/c1-12(13-5-6-15(21)16(22)9-13)23(2)20(25)14-10-18(29-4)19(30-8-7-28-3)11-17(14)24(26)27/h5-6,9-12H,7-8H2,1-4H3. The van der Waals surface area contributed by atoms with E-state index in [1.165, 1.54) is 38.3 Å². The molecule has 1 amide bonds. The molecule has 0 radical (unpaired) electrons. The van der Waals surface area contributed by atoms with E-state index in [9.17, 15) is 23.7 Å². The van der Waals surface area contributed by atoms with Gasteiger partial charge in [-0.2, -0.15) is 0 Å². The van der Waals surface area contributed by atoms with Crippen LogP contribution >= 0.6 is 0 Å². The van der Waals surface area contributed by atoms with E-state index in [1.807, 2.05) is 0 Å². The number of carbonyl (C=O) groups excluding carboxylic acids is 1. The molecule has 8 nitrogen and oxygen atoms in total. The highest BCUT2D eigenvalue weighted by Gasteiger charge is 2.29. The minimum Gasteiger partial charge on any atom is -0.493 e. The Bertz CT molecular complexity index is 938. The zero-order valence-electron chi connectivity index (χ0n) is 17.0. The second-order valence-electron chi connectivity index (χ2n) is 6.38. The number of nitro groups is 1. The van der Waals surface area contributed by atoms with E-state index in [-0.39, 0.29) is 30.3 Å². The summed E-state index contributed by atoms with van der Waals surface area (Å²) in [6, 6.07) is 4.92. The van der Waals surface area contributed by atoms with Gasteiger partial charge in [0, 0.05) is 20.2 Å². The summed E-state index contributed by atoms with van der Waals surface area (Å²) in [5, 5.41) is 11.6. The molecule has 0 bridgehead atoms. The number of carbonyl (C=O) groups is 1. The van der Waals surface area contributed by atoms with Crippen LogP contribution in [-0.4, -0.2) is 50.2 Å². The molecule has 0 aliphatic heterocycles. The molecule has 0 heterocycles. The third kappa shape index (κ3) is 5.01. The molecule has 0 aromatic heterocycles. The van der Waals surface area contributed by atoms with Gasteiger partial charge in [-0.3, -0.25) is 14.9 Å². The third-order valence-electron chi connectivity index (χ3n) is 4.58. The maximum Gasteiger partial charge on any atom is 0.286 e. The van der Waals surface area contributed by atoms with Crippen molar-refractivity contribution in [2.45, 2.75) is 13.0 Å². The number of methoxy groups -OCH3 is 2. The summed E-state index contributed by atoms with van der Waals surface area (Å²) in [5.74, 6) is -2.53. The molecule has 162 valence electrons. The second-order valence-corrected chi connectivity index (χ2v) is 6.38. The molecule has 2 rings (SSSR count). The average Bonchev–Trinajstić information content (AvgIpc) is 2.73. The van der Waals surface area contributed by atoms with Crippen molar-refractivity contribution in [1.29, 1.82) is 0 Å². The van der Waals surface area contributed by atoms with E-state index >= 15 is 0 Å². The van der Waals surface area contributed by atoms with Crippen LogP contribution in [0.2, 0.25) is 0 Å². The molecule has 0 spiro atoms. The first kappa shape index (κ1) is 23.0. The Hall–Kier alpha value is -3.27. The average molecular weight is 424 g/mol. The van der Waals surface area contributed by atoms with Crippen LogP contribution in [0, 0.1) is 21.7 Å². The van der Waals surface area contributed by atoms with Crippen LogP contribution in [-0.2, 0) is 4.74 Å². The van der Waals surface area contributed by atoms with E-state index in [1.54, 1.807) is 6.92 Å². The molecule has 1 unspecified atom stereocenters. The highest BCUT2D eigenvalue weighted by atomic mass is 19.2. The zero-order valence-corrected chi connectivity index (χ0v) is 17.0. The molecule has 0 aliphatic rings. The summed E-state index contributed by atoms with van der Waals surface area (Å²) in [5.41, 5.74) is -0.371. The lowest BCUT2D eigenvalue weighted by atomic mass is 10.0. The molecule has 30 heavy (non-hydrogen) atoms. The van der Waals surface area contributed by atoms with Crippen molar-refractivity contribution in [1.82, 2.24) is 4.90 Å². The fourth-order valence-electron chi connectivity index (χ4n) is 2.74. The van der Waals surface area contributed by atoms with Gasteiger partial charge in [-0.25, -0.2) is 8.78 Å². The van der Waals surface area contributed by atoms with Crippen LogP contribution in [0.25, 0.3) is 0 Å². The molecule has 2 aromatic carbocycles. The van der Waals surface area contributed by atoms with Crippen LogP contribution in [0.1, 0.15) is 28.9 Å². The first-order chi connectivity index (χ1) is 14.2. The van der Waals surface area contributed by atoms with Crippen LogP contribution in [0.5, 0.6) is 11.5 Å². The summed E-state index contributed by atoms with van der Waals surface area (Å²) in [6.45, 7) is 1.98.